The minimum Gasteiger partial charge on any atom is -0.396 e. The SMILES string of the molecule is O=C(CCn1ccccc1=O)N1CCCC(CO)(CC2CC2)C1. The highest BCUT2D eigenvalue weighted by Crippen LogP contribution is 2.44. The molecule has 2 aliphatic rings. The lowest BCUT2D eigenvalue weighted by atomic mass is 9.76. The normalized spacial score (nSPS) is 24.7. The van der Waals surface area contributed by atoms with E-state index < -0.39 is 0 Å². The summed E-state index contributed by atoms with van der Waals surface area (Å²) in [4.78, 5) is 26.1. The molecule has 0 radical (unpaired) electrons. The van der Waals surface area contributed by atoms with Gasteiger partial charge in [0.2, 0.25) is 5.91 Å². The molecule has 1 aromatic heterocycles. The van der Waals surface area contributed by atoms with Gasteiger partial charge in [0.25, 0.3) is 5.56 Å². The van der Waals surface area contributed by atoms with Crippen molar-refractivity contribution in [2.24, 2.45) is 11.3 Å². The van der Waals surface area contributed by atoms with Crippen molar-refractivity contribution in [2.45, 2.75) is 45.1 Å². The topological polar surface area (TPSA) is 62.5 Å². The zero-order chi connectivity index (χ0) is 16.3. The van der Waals surface area contributed by atoms with Crippen LogP contribution in [-0.4, -0.2) is 40.2 Å². The molecule has 5 nitrogen and oxygen atoms in total. The molecule has 2 heterocycles. The largest absolute Gasteiger partial charge is 0.396 e. The van der Waals surface area contributed by atoms with Crippen LogP contribution in [0.3, 0.4) is 0 Å². The van der Waals surface area contributed by atoms with Gasteiger partial charge in [0.1, 0.15) is 0 Å². The number of aliphatic hydroxyl groups excluding tert-OH is 1. The van der Waals surface area contributed by atoms with Crippen LogP contribution in [0.15, 0.2) is 29.2 Å². The van der Waals surface area contributed by atoms with Crippen molar-refractivity contribution in [1.29, 1.82) is 0 Å². The van der Waals surface area contributed by atoms with E-state index in [1.807, 2.05) is 4.90 Å². The summed E-state index contributed by atoms with van der Waals surface area (Å²) in [6.07, 6.45) is 7.63. The van der Waals surface area contributed by atoms with Gasteiger partial charge in [-0.2, -0.15) is 0 Å². The Morgan fingerprint density at radius 3 is 2.87 bits per heavy atom. The predicted octanol–water partition coefficient (Wildman–Crippen LogP) is 1.64. The Labute approximate surface area is 136 Å². The molecular formula is C18H26N2O3. The standard InChI is InChI=1S/C18H26N2O3/c21-14-18(12-15-5-6-15)8-3-10-20(13-18)17(23)7-11-19-9-2-1-4-16(19)22/h1-2,4,9,15,21H,3,5-8,10-14H2. The summed E-state index contributed by atoms with van der Waals surface area (Å²) >= 11 is 0. The third kappa shape index (κ3) is 4.02. The second-order valence-electron chi connectivity index (χ2n) is 7.21. The van der Waals surface area contributed by atoms with Crippen LogP contribution in [-0.2, 0) is 11.3 Å². The van der Waals surface area contributed by atoms with Crippen LogP contribution >= 0.6 is 0 Å². The molecule has 0 bridgehead atoms. The van der Waals surface area contributed by atoms with Crippen LogP contribution in [0.5, 0.6) is 0 Å². The lowest BCUT2D eigenvalue weighted by molar-refractivity contribution is -0.136. The van der Waals surface area contributed by atoms with Crippen molar-refractivity contribution in [3.63, 3.8) is 0 Å². The van der Waals surface area contributed by atoms with Crippen molar-refractivity contribution in [3.8, 4) is 0 Å². The Kier molecular flexibility index (Phi) is 4.85. The number of hydrogen-bond donors (Lipinski definition) is 1. The minimum atomic E-state index is -0.0986. The Morgan fingerprint density at radius 1 is 1.35 bits per heavy atom. The summed E-state index contributed by atoms with van der Waals surface area (Å²) in [5.41, 5.74) is -0.170. The smallest absolute Gasteiger partial charge is 0.250 e. The van der Waals surface area contributed by atoms with Gasteiger partial charge in [-0.25, -0.2) is 0 Å². The van der Waals surface area contributed by atoms with E-state index in [0.717, 1.165) is 31.7 Å². The fourth-order valence-electron chi connectivity index (χ4n) is 3.73. The van der Waals surface area contributed by atoms with E-state index in [0.29, 0.717) is 19.5 Å². The molecular weight excluding hydrogens is 292 g/mol. The number of piperidine rings is 1. The number of aliphatic hydroxyl groups is 1. The molecule has 1 saturated carbocycles. The summed E-state index contributed by atoms with van der Waals surface area (Å²) in [6, 6.07) is 5.02. The number of pyridine rings is 1. The highest BCUT2D eigenvalue weighted by molar-refractivity contribution is 5.76. The summed E-state index contributed by atoms with van der Waals surface area (Å²) in [6.45, 7) is 2.03. The van der Waals surface area contributed by atoms with Gasteiger partial charge in [-0.05, 0) is 31.2 Å². The molecule has 0 aromatic carbocycles. The molecule has 1 aromatic rings. The maximum absolute atomic E-state index is 12.5. The summed E-state index contributed by atoms with van der Waals surface area (Å²) in [7, 11) is 0. The number of amides is 1. The van der Waals surface area contributed by atoms with Crippen LogP contribution in [0.2, 0.25) is 0 Å². The van der Waals surface area contributed by atoms with E-state index in [1.165, 1.54) is 18.9 Å². The summed E-state index contributed by atoms with van der Waals surface area (Å²) < 4.78 is 1.57. The quantitative estimate of drug-likeness (QED) is 0.867. The molecule has 126 valence electrons. The molecule has 1 aliphatic carbocycles. The molecule has 1 N–H and O–H groups in total. The Balaban J connectivity index is 1.58. The van der Waals surface area contributed by atoms with E-state index in [4.69, 9.17) is 0 Å². The highest BCUT2D eigenvalue weighted by Gasteiger charge is 2.40. The summed E-state index contributed by atoms with van der Waals surface area (Å²) in [5.74, 6) is 0.842. The van der Waals surface area contributed by atoms with Gasteiger partial charge in [0.15, 0.2) is 0 Å². The number of aryl methyl sites for hydroxylation is 1. The first-order valence-corrected chi connectivity index (χ1v) is 8.66. The molecule has 1 unspecified atom stereocenters. The van der Waals surface area contributed by atoms with E-state index in [-0.39, 0.29) is 23.5 Å². The van der Waals surface area contributed by atoms with Crippen molar-refractivity contribution < 1.29 is 9.90 Å². The number of aromatic nitrogens is 1. The van der Waals surface area contributed by atoms with E-state index >= 15 is 0 Å². The fourth-order valence-corrected chi connectivity index (χ4v) is 3.73. The average molecular weight is 318 g/mol. The number of carbonyl (C=O) groups is 1. The second-order valence-corrected chi connectivity index (χ2v) is 7.21. The third-order valence-corrected chi connectivity index (χ3v) is 5.23. The zero-order valence-electron chi connectivity index (χ0n) is 13.6. The molecule has 1 atom stereocenters. The van der Waals surface area contributed by atoms with E-state index in [1.54, 1.807) is 22.9 Å². The number of likely N-dealkylation sites (tertiary alicyclic amines) is 1. The molecule has 3 rings (SSSR count). The number of hydrogen-bond acceptors (Lipinski definition) is 3. The lowest BCUT2D eigenvalue weighted by Crippen LogP contribution is -2.48. The first kappa shape index (κ1) is 16.2. The van der Waals surface area contributed by atoms with Gasteiger partial charge < -0.3 is 14.6 Å². The lowest BCUT2D eigenvalue weighted by Gasteiger charge is -2.42. The molecule has 0 spiro atoms. The van der Waals surface area contributed by atoms with Crippen LogP contribution < -0.4 is 5.56 Å². The Bertz CT molecular complexity index is 608. The molecule has 2 fully saturated rings. The fraction of sp³-hybridized carbons (Fsp3) is 0.667. The van der Waals surface area contributed by atoms with E-state index in [9.17, 15) is 14.7 Å². The van der Waals surface area contributed by atoms with Crippen LogP contribution in [0.1, 0.15) is 38.5 Å². The number of nitrogens with zero attached hydrogens (tertiary/aromatic N) is 2. The zero-order valence-corrected chi connectivity index (χ0v) is 13.6. The Hall–Kier alpha value is -1.62. The molecule has 1 amide bonds. The maximum Gasteiger partial charge on any atom is 0.250 e. The molecule has 5 heteroatoms. The van der Waals surface area contributed by atoms with Gasteiger partial charge >= 0.3 is 0 Å². The number of rotatable bonds is 6. The predicted molar refractivity (Wildman–Crippen MR) is 88.0 cm³/mol. The van der Waals surface area contributed by atoms with Gasteiger partial charge in [0, 0.05) is 43.7 Å². The molecule has 23 heavy (non-hydrogen) atoms. The van der Waals surface area contributed by atoms with Crippen molar-refractivity contribution in [1.82, 2.24) is 9.47 Å². The monoisotopic (exact) mass is 318 g/mol. The van der Waals surface area contributed by atoms with Crippen molar-refractivity contribution >= 4 is 5.91 Å². The van der Waals surface area contributed by atoms with E-state index in [2.05, 4.69) is 0 Å². The van der Waals surface area contributed by atoms with Gasteiger partial charge in [-0.3, -0.25) is 9.59 Å². The van der Waals surface area contributed by atoms with Crippen molar-refractivity contribution in [3.05, 3.63) is 34.7 Å². The highest BCUT2D eigenvalue weighted by atomic mass is 16.3. The summed E-state index contributed by atoms with van der Waals surface area (Å²) in [5, 5.41) is 9.88. The minimum absolute atomic E-state index is 0.0719. The first-order chi connectivity index (χ1) is 11.1. The van der Waals surface area contributed by atoms with Crippen LogP contribution in [0.25, 0.3) is 0 Å². The van der Waals surface area contributed by atoms with Gasteiger partial charge in [-0.1, -0.05) is 18.9 Å². The van der Waals surface area contributed by atoms with Crippen LogP contribution in [0, 0.1) is 11.3 Å². The first-order valence-electron chi connectivity index (χ1n) is 8.66. The molecule has 1 saturated heterocycles. The Morgan fingerprint density at radius 2 is 2.17 bits per heavy atom. The molecule has 1 aliphatic heterocycles. The van der Waals surface area contributed by atoms with Gasteiger partial charge in [-0.15, -0.1) is 0 Å². The average Bonchev–Trinajstić information content (AvgIpc) is 3.38. The van der Waals surface area contributed by atoms with Gasteiger partial charge in [0.05, 0.1) is 6.61 Å². The maximum atomic E-state index is 12.5. The second kappa shape index (κ2) is 6.87. The third-order valence-electron chi connectivity index (χ3n) is 5.23. The van der Waals surface area contributed by atoms with Crippen LogP contribution in [0.4, 0.5) is 0 Å². The van der Waals surface area contributed by atoms with Crippen molar-refractivity contribution in [2.75, 3.05) is 19.7 Å². The number of carbonyl (C=O) groups excluding carboxylic acids is 1.